The summed E-state index contributed by atoms with van der Waals surface area (Å²) in [5.74, 6) is -0.779. The first-order valence-electron chi connectivity index (χ1n) is 11.7. The monoisotopic (exact) mass is 614 g/mol. The Morgan fingerprint density at radius 3 is 2.17 bits per heavy atom. The lowest BCUT2D eigenvalue weighted by molar-refractivity contribution is -0.222. The van der Waals surface area contributed by atoms with Crippen molar-refractivity contribution < 1.29 is 59.4 Å². The molecule has 0 bridgehead atoms. The maximum absolute atomic E-state index is 13.7. The van der Waals surface area contributed by atoms with Crippen molar-refractivity contribution in [3.8, 4) is 0 Å². The highest BCUT2D eigenvalue weighted by molar-refractivity contribution is 7.49. The number of benzene rings is 2. The van der Waals surface area contributed by atoms with E-state index in [1.165, 1.54) is 30.2 Å². The summed E-state index contributed by atoms with van der Waals surface area (Å²) in [5, 5.41) is 2.21. The number of carbonyl (C=O) groups is 1. The van der Waals surface area contributed by atoms with Crippen LogP contribution in [0.4, 0.5) is 35.5 Å². The first kappa shape index (κ1) is 30.6. The van der Waals surface area contributed by atoms with Crippen LogP contribution in [0.5, 0.6) is 0 Å². The van der Waals surface area contributed by atoms with Gasteiger partial charge in [0, 0.05) is 12.7 Å². The van der Waals surface area contributed by atoms with Crippen LogP contribution in [0.25, 0.3) is 0 Å². The van der Waals surface area contributed by atoms with E-state index in [-0.39, 0.29) is 29.8 Å². The smallest absolute Gasteiger partial charge is 0.360 e. The summed E-state index contributed by atoms with van der Waals surface area (Å²) in [6, 6.07) is 3.77. The zero-order valence-electron chi connectivity index (χ0n) is 20.8. The first-order valence-corrected chi connectivity index (χ1v) is 13.2. The Bertz CT molecular complexity index is 1330. The highest BCUT2D eigenvalue weighted by Crippen LogP contribution is 2.41. The van der Waals surface area contributed by atoms with E-state index in [9.17, 15) is 49.9 Å². The van der Waals surface area contributed by atoms with Crippen molar-refractivity contribution in [1.82, 2.24) is 20.4 Å². The van der Waals surface area contributed by atoms with Crippen molar-refractivity contribution in [2.45, 2.75) is 37.7 Å². The number of hydrogen-bond acceptors (Lipinski definition) is 6. The molecule has 0 aromatic heterocycles. The Morgan fingerprint density at radius 1 is 1.07 bits per heavy atom. The minimum Gasteiger partial charge on any atom is -0.360 e. The summed E-state index contributed by atoms with van der Waals surface area (Å²) in [5.41, 5.74) is -0.942. The van der Waals surface area contributed by atoms with E-state index in [0.29, 0.717) is 17.7 Å². The number of hydrazine groups is 1. The topological polar surface area (TPSA) is 124 Å². The summed E-state index contributed by atoms with van der Waals surface area (Å²) in [4.78, 5) is 32.1. The SMILES string of the molecule is CC(OC1OCCN(C=C2NC(=O)N(P(=O)(O)O)N2)C1c1ccc(F)cc1)c1cc(C(F)(F)F)cc(C(F)(F)F)c1. The molecule has 2 aromatic carbocycles. The second kappa shape index (κ2) is 11.1. The second-order valence-corrected chi connectivity index (χ2v) is 10.4. The van der Waals surface area contributed by atoms with Gasteiger partial charge >= 0.3 is 26.1 Å². The molecule has 2 aromatic rings. The Labute approximate surface area is 227 Å². The van der Waals surface area contributed by atoms with E-state index < -0.39 is 67.1 Å². The molecule has 4 N–H and O–H groups in total. The van der Waals surface area contributed by atoms with Gasteiger partial charge in [0.25, 0.3) is 0 Å². The molecule has 3 unspecified atom stereocenters. The number of hydrogen-bond donors (Lipinski definition) is 4. The minimum atomic E-state index is -5.07. The number of nitrogens with one attached hydrogen (secondary N) is 2. The molecule has 10 nitrogen and oxygen atoms in total. The fraction of sp³-hybridized carbons (Fsp3) is 0.348. The van der Waals surface area contributed by atoms with Gasteiger partial charge in [0.15, 0.2) is 6.29 Å². The van der Waals surface area contributed by atoms with Crippen LogP contribution in [0.1, 0.15) is 41.3 Å². The predicted octanol–water partition coefficient (Wildman–Crippen LogP) is 4.76. The van der Waals surface area contributed by atoms with E-state index >= 15 is 0 Å². The maximum atomic E-state index is 13.7. The summed E-state index contributed by atoms with van der Waals surface area (Å²) in [6.07, 6.45) is -11.6. The molecule has 2 amide bonds. The van der Waals surface area contributed by atoms with Crippen molar-refractivity contribution in [3.63, 3.8) is 0 Å². The average molecular weight is 614 g/mol. The number of ether oxygens (including phenoxy) is 2. The third-order valence-electron chi connectivity index (χ3n) is 6.09. The molecule has 2 saturated heterocycles. The summed E-state index contributed by atoms with van der Waals surface area (Å²) in [6.45, 7) is 1.23. The summed E-state index contributed by atoms with van der Waals surface area (Å²) >= 11 is 0. The van der Waals surface area contributed by atoms with Crippen molar-refractivity contribution in [3.05, 3.63) is 82.6 Å². The van der Waals surface area contributed by atoms with Gasteiger partial charge in [-0.1, -0.05) is 12.1 Å². The van der Waals surface area contributed by atoms with Crippen LogP contribution in [0.2, 0.25) is 0 Å². The lowest BCUT2D eigenvalue weighted by Gasteiger charge is -2.41. The standard InChI is InChI=1S/C23H22F7N4O6P/c1-12(14-8-15(22(25,26)27)10-16(9-14)23(28,29)30)40-20-19(13-2-4-17(24)5-3-13)33(6-7-39-20)11-18-31-21(35)34(32-18)41(36,37)38/h2-5,8-12,19-20,32H,6-7H2,1H3,(H,31,35)(H2,36,37,38). The number of alkyl halides is 6. The van der Waals surface area contributed by atoms with Crippen molar-refractivity contribution in [2.24, 2.45) is 0 Å². The van der Waals surface area contributed by atoms with Crippen LogP contribution in [0, 0.1) is 5.82 Å². The van der Waals surface area contributed by atoms with Gasteiger partial charge in [0.05, 0.1) is 23.8 Å². The van der Waals surface area contributed by atoms with Gasteiger partial charge in [-0.25, -0.2) is 13.8 Å². The molecule has 4 rings (SSSR count). The van der Waals surface area contributed by atoms with Crippen LogP contribution in [0.3, 0.4) is 0 Å². The molecule has 3 atom stereocenters. The van der Waals surface area contributed by atoms with Crippen molar-refractivity contribution in [1.29, 1.82) is 0 Å². The van der Waals surface area contributed by atoms with E-state index in [1.54, 1.807) is 0 Å². The lowest BCUT2D eigenvalue weighted by atomic mass is 10.0. The van der Waals surface area contributed by atoms with Gasteiger partial charge in [-0.2, -0.15) is 26.3 Å². The fourth-order valence-electron chi connectivity index (χ4n) is 4.19. The van der Waals surface area contributed by atoms with Gasteiger partial charge in [-0.3, -0.25) is 10.7 Å². The average Bonchev–Trinajstić information content (AvgIpc) is 3.24. The largest absolute Gasteiger partial charge is 0.452 e. The van der Waals surface area contributed by atoms with Crippen LogP contribution < -0.4 is 10.7 Å². The molecule has 2 aliphatic rings. The minimum absolute atomic E-state index is 0.00756. The summed E-state index contributed by atoms with van der Waals surface area (Å²) in [7, 11) is -5.04. The van der Waals surface area contributed by atoms with E-state index in [4.69, 9.17) is 9.47 Å². The van der Waals surface area contributed by atoms with Gasteiger partial charge in [0.2, 0.25) is 0 Å². The third kappa shape index (κ3) is 7.11. The van der Waals surface area contributed by atoms with E-state index in [0.717, 1.165) is 12.1 Å². The number of nitrogens with zero attached hydrogens (tertiary/aromatic N) is 2. The highest BCUT2D eigenvalue weighted by atomic mass is 31.2. The number of halogens is 7. The first-order chi connectivity index (χ1) is 18.9. The van der Waals surface area contributed by atoms with Crippen LogP contribution in [-0.4, -0.2) is 44.9 Å². The molecule has 0 aliphatic carbocycles. The van der Waals surface area contributed by atoms with Crippen molar-refractivity contribution >= 4 is 13.8 Å². The Kier molecular flexibility index (Phi) is 8.30. The van der Waals surface area contributed by atoms with E-state index in [2.05, 4.69) is 10.7 Å². The highest BCUT2D eigenvalue weighted by Gasteiger charge is 2.41. The molecular weight excluding hydrogens is 592 g/mol. The molecule has 0 saturated carbocycles. The van der Waals surface area contributed by atoms with Gasteiger partial charge < -0.3 is 24.2 Å². The fourth-order valence-corrected chi connectivity index (χ4v) is 4.72. The third-order valence-corrected chi connectivity index (χ3v) is 6.89. The Morgan fingerprint density at radius 2 is 1.66 bits per heavy atom. The number of amides is 2. The van der Waals surface area contributed by atoms with Gasteiger partial charge in [-0.05, 0) is 48.4 Å². The zero-order valence-corrected chi connectivity index (χ0v) is 21.7. The van der Waals surface area contributed by atoms with Crippen LogP contribution >= 0.6 is 7.75 Å². The van der Waals surface area contributed by atoms with Gasteiger partial charge in [-0.15, -0.1) is 4.78 Å². The molecule has 224 valence electrons. The molecular formula is C23H22F7N4O6P. The number of carbonyl (C=O) groups excluding carboxylic acids is 1. The Balaban J connectivity index is 1.68. The molecule has 18 heteroatoms. The zero-order chi connectivity index (χ0) is 30.3. The molecule has 2 fully saturated rings. The quantitative estimate of drug-likeness (QED) is 0.272. The Hall–Kier alpha value is -3.37. The molecule has 41 heavy (non-hydrogen) atoms. The van der Waals surface area contributed by atoms with Crippen molar-refractivity contribution in [2.75, 3.05) is 13.2 Å². The van der Waals surface area contributed by atoms with E-state index in [1.807, 2.05) is 0 Å². The van der Waals surface area contributed by atoms with Crippen LogP contribution in [-0.2, 0) is 26.4 Å². The number of urea groups is 1. The lowest BCUT2D eigenvalue weighted by Crippen LogP contribution is -2.45. The molecule has 2 heterocycles. The van der Waals surface area contributed by atoms with Crippen LogP contribution in [0.15, 0.2) is 54.5 Å². The predicted molar refractivity (Wildman–Crippen MR) is 125 cm³/mol. The maximum Gasteiger partial charge on any atom is 0.452 e. The molecule has 0 radical (unpaired) electrons. The summed E-state index contributed by atoms with van der Waals surface area (Å²) < 4.78 is 117. The molecule has 0 spiro atoms. The number of rotatable bonds is 6. The normalized spacial score (nSPS) is 22.1. The molecule has 2 aliphatic heterocycles. The second-order valence-electron chi connectivity index (χ2n) is 9.00. The number of morpholine rings is 1. The van der Waals surface area contributed by atoms with Gasteiger partial charge in [0.1, 0.15) is 17.7 Å².